The first kappa shape index (κ1) is 21.0. The second-order valence-corrected chi connectivity index (χ2v) is 11.5. The molecule has 9 atom stereocenters. The van der Waals surface area contributed by atoms with E-state index in [0.717, 1.165) is 30.1 Å². The lowest BCUT2D eigenvalue weighted by Crippen LogP contribution is -2.54. The molecule has 0 aromatic carbocycles. The van der Waals surface area contributed by atoms with Crippen molar-refractivity contribution in [3.63, 3.8) is 0 Å². The Balaban J connectivity index is 1.29. The molecule has 0 amide bonds. The van der Waals surface area contributed by atoms with Crippen molar-refractivity contribution in [2.24, 2.45) is 40.2 Å². The summed E-state index contributed by atoms with van der Waals surface area (Å²) < 4.78 is 11.5. The molecule has 3 N–H and O–H groups in total. The van der Waals surface area contributed by atoms with E-state index in [1.165, 1.54) is 56.9 Å². The first-order chi connectivity index (χ1) is 14.5. The zero-order valence-corrected chi connectivity index (χ0v) is 18.9. The second-order valence-electron chi connectivity index (χ2n) is 11.5. The predicted octanol–water partition coefficient (Wildman–Crippen LogP) is 5.11. The lowest BCUT2D eigenvalue weighted by Gasteiger charge is -2.61. The van der Waals surface area contributed by atoms with Gasteiger partial charge in [0.1, 0.15) is 0 Å². The minimum atomic E-state index is -0.518. The fraction of sp³-hybridized carbons (Fsp3) is 0.846. The largest absolute Gasteiger partial charge is 0.472 e. The lowest BCUT2D eigenvalue weighted by molar-refractivity contribution is -0.135. The monoisotopic (exact) mass is 415 g/mol. The lowest BCUT2D eigenvalue weighted by atomic mass is 9.44. The van der Waals surface area contributed by atoms with Gasteiger partial charge in [0.15, 0.2) is 0 Å². The summed E-state index contributed by atoms with van der Waals surface area (Å²) in [4.78, 5) is 0. The molecule has 1 aromatic heterocycles. The van der Waals surface area contributed by atoms with Gasteiger partial charge in [0.25, 0.3) is 0 Å². The summed E-state index contributed by atoms with van der Waals surface area (Å²) in [5, 5.41) is 9.77. The second kappa shape index (κ2) is 7.94. The Morgan fingerprint density at radius 3 is 2.67 bits per heavy atom. The number of furan rings is 1. The standard InChI is InChI=1S/C26H41NO3/c1-25-10-7-20(30-16-19(28)14-27)13-18(25)3-4-21-23-6-5-22(17-9-12-29-15-17)26(23,2)11-8-24(21)25/h9,12,15,18-24,28H,3-8,10-11,13-14,16,27H2,1-2H3/t18-,19?,20+,21+,22-,23-,24+,25+,26-/m1/s1. The minimum absolute atomic E-state index is 0.289. The van der Waals surface area contributed by atoms with Gasteiger partial charge in [-0.3, -0.25) is 0 Å². The van der Waals surface area contributed by atoms with Crippen molar-refractivity contribution in [1.82, 2.24) is 0 Å². The number of rotatable bonds is 5. The van der Waals surface area contributed by atoms with E-state index in [0.29, 0.717) is 29.5 Å². The maximum Gasteiger partial charge on any atom is 0.0937 e. The number of hydrogen-bond acceptors (Lipinski definition) is 4. The molecule has 4 aliphatic carbocycles. The van der Waals surface area contributed by atoms with E-state index in [-0.39, 0.29) is 6.54 Å². The Kier molecular flexibility index (Phi) is 5.56. The number of aliphatic hydroxyl groups is 1. The normalized spacial score (nSPS) is 46.7. The number of ether oxygens (including phenoxy) is 1. The average molecular weight is 416 g/mol. The SMILES string of the molecule is C[C@]12CC[C@H](OCC(O)CN)C[C@H]1CC[C@H]1[C@H]3CC[C@H](c4ccoc4)[C@@]3(C)CC[C@@H]12. The third-order valence-electron chi connectivity index (χ3n) is 10.4. The molecule has 1 unspecified atom stereocenters. The Morgan fingerprint density at radius 1 is 1.10 bits per heavy atom. The van der Waals surface area contributed by atoms with Gasteiger partial charge in [0.2, 0.25) is 0 Å². The summed E-state index contributed by atoms with van der Waals surface area (Å²) in [7, 11) is 0. The smallest absolute Gasteiger partial charge is 0.0937 e. The van der Waals surface area contributed by atoms with Crippen molar-refractivity contribution >= 4 is 0 Å². The van der Waals surface area contributed by atoms with Gasteiger partial charge in [-0.25, -0.2) is 0 Å². The molecule has 4 saturated carbocycles. The summed E-state index contributed by atoms with van der Waals surface area (Å²) in [5.74, 6) is 4.13. The first-order valence-corrected chi connectivity index (χ1v) is 12.5. The highest BCUT2D eigenvalue weighted by molar-refractivity contribution is 5.22. The van der Waals surface area contributed by atoms with Crippen LogP contribution in [0.5, 0.6) is 0 Å². The quantitative estimate of drug-likeness (QED) is 0.701. The number of fused-ring (bicyclic) bond motifs is 5. The van der Waals surface area contributed by atoms with E-state index in [1.807, 2.05) is 12.5 Å². The van der Waals surface area contributed by atoms with Gasteiger partial charge in [-0.1, -0.05) is 13.8 Å². The number of aliphatic hydroxyl groups excluding tert-OH is 1. The van der Waals surface area contributed by atoms with Crippen molar-refractivity contribution in [2.75, 3.05) is 13.2 Å². The Bertz CT molecular complexity index is 720. The van der Waals surface area contributed by atoms with Crippen LogP contribution in [-0.2, 0) is 4.74 Å². The summed E-state index contributed by atoms with van der Waals surface area (Å²) in [6.07, 6.45) is 15.5. The molecule has 1 heterocycles. The Labute approximate surface area is 181 Å². The van der Waals surface area contributed by atoms with E-state index >= 15 is 0 Å². The van der Waals surface area contributed by atoms with Crippen LogP contribution in [0.15, 0.2) is 23.0 Å². The van der Waals surface area contributed by atoms with Gasteiger partial charge in [-0.2, -0.15) is 0 Å². The van der Waals surface area contributed by atoms with Crippen LogP contribution in [0.1, 0.15) is 83.1 Å². The highest BCUT2D eigenvalue weighted by Crippen LogP contribution is 2.69. The van der Waals surface area contributed by atoms with Crippen LogP contribution in [0.3, 0.4) is 0 Å². The fourth-order valence-electron chi connectivity index (χ4n) is 8.71. The molecule has 30 heavy (non-hydrogen) atoms. The van der Waals surface area contributed by atoms with Gasteiger partial charge in [-0.15, -0.1) is 0 Å². The van der Waals surface area contributed by atoms with Crippen LogP contribution >= 0.6 is 0 Å². The summed E-state index contributed by atoms with van der Waals surface area (Å²) >= 11 is 0. The molecular formula is C26H41NO3. The third kappa shape index (κ3) is 3.29. The molecule has 0 bridgehead atoms. The van der Waals surface area contributed by atoms with E-state index in [4.69, 9.17) is 14.9 Å². The van der Waals surface area contributed by atoms with Crippen molar-refractivity contribution in [3.05, 3.63) is 24.2 Å². The highest BCUT2D eigenvalue weighted by Gasteiger charge is 2.60. The Morgan fingerprint density at radius 2 is 1.90 bits per heavy atom. The van der Waals surface area contributed by atoms with Gasteiger partial charge >= 0.3 is 0 Å². The van der Waals surface area contributed by atoms with Gasteiger partial charge in [0.05, 0.1) is 31.3 Å². The van der Waals surface area contributed by atoms with Gasteiger partial charge in [-0.05, 0) is 110 Å². The molecule has 0 spiro atoms. The molecule has 0 aliphatic heterocycles. The molecule has 5 rings (SSSR count). The first-order valence-electron chi connectivity index (χ1n) is 12.5. The molecule has 0 saturated heterocycles. The summed E-state index contributed by atoms with van der Waals surface area (Å²) in [6.45, 7) is 5.90. The molecular weight excluding hydrogens is 374 g/mol. The van der Waals surface area contributed by atoms with E-state index in [2.05, 4.69) is 19.9 Å². The minimum Gasteiger partial charge on any atom is -0.472 e. The van der Waals surface area contributed by atoms with Gasteiger partial charge in [0, 0.05) is 6.54 Å². The third-order valence-corrected chi connectivity index (χ3v) is 10.4. The van der Waals surface area contributed by atoms with Crippen LogP contribution in [0.25, 0.3) is 0 Å². The van der Waals surface area contributed by atoms with Crippen LogP contribution in [-0.4, -0.2) is 30.5 Å². The topological polar surface area (TPSA) is 68.6 Å². The highest BCUT2D eigenvalue weighted by atomic mass is 16.5. The van der Waals surface area contributed by atoms with Crippen molar-refractivity contribution in [2.45, 2.75) is 89.8 Å². The number of hydrogen-bond donors (Lipinski definition) is 2. The van der Waals surface area contributed by atoms with Gasteiger partial charge < -0.3 is 20.0 Å². The van der Waals surface area contributed by atoms with Crippen LogP contribution in [0.4, 0.5) is 0 Å². The molecule has 1 aromatic rings. The van der Waals surface area contributed by atoms with Crippen LogP contribution < -0.4 is 5.73 Å². The molecule has 4 aliphatic rings. The zero-order chi connectivity index (χ0) is 20.9. The maximum atomic E-state index is 9.77. The maximum absolute atomic E-state index is 9.77. The molecule has 168 valence electrons. The molecule has 4 heteroatoms. The summed E-state index contributed by atoms with van der Waals surface area (Å²) in [5.41, 5.74) is 7.91. The van der Waals surface area contributed by atoms with E-state index in [1.54, 1.807) is 0 Å². The van der Waals surface area contributed by atoms with Crippen molar-refractivity contribution in [3.8, 4) is 0 Å². The zero-order valence-electron chi connectivity index (χ0n) is 18.9. The Hall–Kier alpha value is -0.840. The summed E-state index contributed by atoms with van der Waals surface area (Å²) in [6, 6.07) is 2.21. The average Bonchev–Trinajstić information content (AvgIpc) is 3.38. The van der Waals surface area contributed by atoms with E-state index < -0.39 is 6.10 Å². The van der Waals surface area contributed by atoms with Crippen LogP contribution in [0.2, 0.25) is 0 Å². The fourth-order valence-corrected chi connectivity index (χ4v) is 8.71. The predicted molar refractivity (Wildman–Crippen MR) is 118 cm³/mol. The van der Waals surface area contributed by atoms with Crippen molar-refractivity contribution < 1.29 is 14.3 Å². The number of nitrogens with two attached hydrogens (primary N) is 1. The molecule has 0 radical (unpaired) electrons. The van der Waals surface area contributed by atoms with Crippen LogP contribution in [0, 0.1) is 34.5 Å². The van der Waals surface area contributed by atoms with E-state index in [9.17, 15) is 5.11 Å². The molecule has 4 nitrogen and oxygen atoms in total. The molecule has 4 fully saturated rings. The van der Waals surface area contributed by atoms with Crippen molar-refractivity contribution in [1.29, 1.82) is 0 Å².